The van der Waals surface area contributed by atoms with E-state index in [9.17, 15) is 9.59 Å². The molecule has 27 heavy (non-hydrogen) atoms. The van der Waals surface area contributed by atoms with Crippen LogP contribution in [0.1, 0.15) is 29.0 Å². The summed E-state index contributed by atoms with van der Waals surface area (Å²) in [4.78, 5) is 30.0. The number of anilines is 1. The van der Waals surface area contributed by atoms with Crippen molar-refractivity contribution in [2.45, 2.75) is 13.8 Å². The van der Waals surface area contributed by atoms with Gasteiger partial charge in [-0.25, -0.2) is 0 Å². The largest absolute Gasteiger partial charge is 0.314 e. The van der Waals surface area contributed by atoms with Gasteiger partial charge in [0.05, 0.1) is 23.3 Å². The van der Waals surface area contributed by atoms with Gasteiger partial charge in [-0.1, -0.05) is 32.0 Å². The number of fused-ring (bicyclic) bond motifs is 1. The van der Waals surface area contributed by atoms with Crippen molar-refractivity contribution in [2.75, 3.05) is 16.6 Å². The van der Waals surface area contributed by atoms with Gasteiger partial charge in [0, 0.05) is 41.6 Å². The molecule has 3 heterocycles. The first-order valence-corrected chi connectivity index (χ1v) is 9.99. The molecule has 1 unspecified atom stereocenters. The lowest BCUT2D eigenvalue weighted by molar-refractivity contribution is 0.0860. The second-order valence-corrected chi connectivity index (χ2v) is 8.08. The molecule has 1 aliphatic rings. The molecule has 1 atom stereocenters. The van der Waals surface area contributed by atoms with Crippen molar-refractivity contribution in [2.24, 2.45) is 11.8 Å². The van der Waals surface area contributed by atoms with Crippen molar-refractivity contribution in [3.05, 3.63) is 60.6 Å². The first kappa shape index (κ1) is 17.8. The second-order valence-electron chi connectivity index (χ2n) is 7.05. The quantitative estimate of drug-likeness (QED) is 0.500. The maximum atomic E-state index is 13.3. The van der Waals surface area contributed by atoms with Crippen molar-refractivity contribution < 1.29 is 9.59 Å². The molecule has 1 fully saturated rings. The average molecular weight is 379 g/mol. The molecule has 3 aromatic rings. The maximum Gasteiger partial charge on any atom is 0.233 e. The third kappa shape index (κ3) is 3.25. The lowest BCUT2D eigenvalue weighted by atomic mass is 9.98. The monoisotopic (exact) mass is 379 g/mol. The molecule has 1 saturated heterocycles. The van der Waals surface area contributed by atoms with E-state index in [0.717, 1.165) is 22.3 Å². The van der Waals surface area contributed by atoms with Crippen LogP contribution in [-0.4, -0.2) is 33.5 Å². The van der Waals surface area contributed by atoms with E-state index in [-0.39, 0.29) is 23.5 Å². The van der Waals surface area contributed by atoms with Crippen molar-refractivity contribution in [3.63, 3.8) is 0 Å². The lowest BCUT2D eigenvalue weighted by Crippen LogP contribution is -2.22. The molecule has 0 saturated carbocycles. The first-order chi connectivity index (χ1) is 13.1. The van der Waals surface area contributed by atoms with Gasteiger partial charge in [0.2, 0.25) is 5.91 Å². The summed E-state index contributed by atoms with van der Waals surface area (Å²) in [5.74, 6) is 0.588. The number of carbonyl (C=O) groups is 2. The minimum absolute atomic E-state index is 0.00281. The molecule has 0 spiro atoms. The molecule has 0 radical (unpaired) electrons. The molecular formula is C21H21N3O2S. The summed E-state index contributed by atoms with van der Waals surface area (Å²) < 4.78 is 3.75. The van der Waals surface area contributed by atoms with Crippen LogP contribution >= 0.6 is 11.9 Å². The molecule has 138 valence electrons. The van der Waals surface area contributed by atoms with E-state index in [2.05, 4.69) is 9.29 Å². The molecule has 5 nitrogen and oxygen atoms in total. The number of para-hydroxylation sites is 1. The van der Waals surface area contributed by atoms with Gasteiger partial charge in [0.25, 0.3) is 0 Å². The lowest BCUT2D eigenvalue weighted by Gasteiger charge is -2.15. The molecule has 0 amide bonds. The highest BCUT2D eigenvalue weighted by molar-refractivity contribution is 8.00. The normalized spacial score (nSPS) is 17.0. The van der Waals surface area contributed by atoms with Gasteiger partial charge in [0.15, 0.2) is 5.78 Å². The van der Waals surface area contributed by atoms with Crippen LogP contribution in [0.4, 0.5) is 5.69 Å². The Kier molecular flexibility index (Phi) is 4.74. The Hall–Kier alpha value is -2.60. The van der Waals surface area contributed by atoms with Crippen LogP contribution < -0.4 is 4.31 Å². The Labute approximate surface area is 162 Å². The number of nitrogens with zero attached hydrogens (tertiary/aromatic N) is 3. The number of carbonyl (C=O) groups excluding carboxylic acids is 2. The van der Waals surface area contributed by atoms with Crippen LogP contribution in [-0.2, 0) is 0 Å². The minimum atomic E-state index is -0.133. The van der Waals surface area contributed by atoms with Gasteiger partial charge in [-0.05, 0) is 30.1 Å². The summed E-state index contributed by atoms with van der Waals surface area (Å²) in [5, 5.41) is 0.848. The Balaban J connectivity index is 1.65. The van der Waals surface area contributed by atoms with Crippen LogP contribution in [0.5, 0.6) is 0 Å². The highest BCUT2D eigenvalue weighted by Gasteiger charge is 2.32. The van der Waals surface area contributed by atoms with Crippen molar-refractivity contribution in [1.29, 1.82) is 0 Å². The van der Waals surface area contributed by atoms with Crippen molar-refractivity contribution in [3.8, 4) is 0 Å². The summed E-state index contributed by atoms with van der Waals surface area (Å²) in [6.45, 7) is 4.39. The highest BCUT2D eigenvalue weighted by atomic mass is 32.2. The number of Topliss-reactive ketones (excluding diaryl/α,β-unsaturated/α-hetero) is 1. The summed E-state index contributed by atoms with van der Waals surface area (Å²) >= 11 is 1.65. The summed E-state index contributed by atoms with van der Waals surface area (Å²) in [7, 11) is 0. The van der Waals surface area contributed by atoms with Gasteiger partial charge >= 0.3 is 0 Å². The predicted molar refractivity (Wildman–Crippen MR) is 109 cm³/mol. The predicted octanol–water partition coefficient (Wildman–Crippen LogP) is 4.30. The number of hydrogen-bond acceptors (Lipinski definition) is 5. The zero-order chi connectivity index (χ0) is 19.0. The Bertz CT molecular complexity index is 997. The van der Waals surface area contributed by atoms with Crippen LogP contribution in [0.25, 0.3) is 10.9 Å². The fraction of sp³-hybridized carbons (Fsp3) is 0.286. The van der Waals surface area contributed by atoms with Crippen molar-refractivity contribution in [1.82, 2.24) is 9.55 Å². The number of aromatic nitrogens is 2. The van der Waals surface area contributed by atoms with Crippen LogP contribution in [0.2, 0.25) is 0 Å². The zero-order valence-corrected chi connectivity index (χ0v) is 16.1. The van der Waals surface area contributed by atoms with E-state index in [1.165, 1.54) is 0 Å². The molecule has 0 bridgehead atoms. The topological polar surface area (TPSA) is 55.2 Å². The Morgan fingerprint density at radius 1 is 1.19 bits per heavy atom. The van der Waals surface area contributed by atoms with E-state index in [4.69, 9.17) is 0 Å². The second kappa shape index (κ2) is 7.19. The summed E-state index contributed by atoms with van der Waals surface area (Å²) in [6, 6.07) is 11.5. The fourth-order valence-electron chi connectivity index (χ4n) is 3.38. The van der Waals surface area contributed by atoms with E-state index in [1.54, 1.807) is 28.9 Å². The first-order valence-electron chi connectivity index (χ1n) is 9.05. The smallest absolute Gasteiger partial charge is 0.233 e. The minimum Gasteiger partial charge on any atom is -0.314 e. The molecule has 4 rings (SSSR count). The third-order valence-electron chi connectivity index (χ3n) is 4.83. The van der Waals surface area contributed by atoms with E-state index < -0.39 is 0 Å². The maximum absolute atomic E-state index is 13.3. The molecule has 0 N–H and O–H groups in total. The number of pyridine rings is 1. The molecule has 2 aromatic heterocycles. The van der Waals surface area contributed by atoms with Gasteiger partial charge in [-0.3, -0.25) is 19.1 Å². The van der Waals surface area contributed by atoms with Gasteiger partial charge in [-0.2, -0.15) is 0 Å². The zero-order valence-electron chi connectivity index (χ0n) is 15.3. The summed E-state index contributed by atoms with van der Waals surface area (Å²) in [5.41, 5.74) is 2.45. The van der Waals surface area contributed by atoms with Crippen molar-refractivity contribution >= 4 is 40.2 Å². The molecular weight excluding hydrogens is 358 g/mol. The Morgan fingerprint density at radius 3 is 2.74 bits per heavy atom. The van der Waals surface area contributed by atoms with Gasteiger partial charge in [-0.15, -0.1) is 0 Å². The van der Waals surface area contributed by atoms with Crippen LogP contribution in [0, 0.1) is 11.8 Å². The van der Waals surface area contributed by atoms with E-state index >= 15 is 0 Å². The SMILES string of the molecule is CC(C)C(=O)n1cc(C(=O)C2CSN(c3cccnc3)C2)c2ccccc21. The van der Waals surface area contributed by atoms with E-state index in [1.807, 2.05) is 56.4 Å². The van der Waals surface area contributed by atoms with Gasteiger partial charge < -0.3 is 4.31 Å². The van der Waals surface area contributed by atoms with E-state index in [0.29, 0.717) is 12.1 Å². The molecule has 1 aliphatic heterocycles. The Morgan fingerprint density at radius 2 is 2.00 bits per heavy atom. The standard InChI is InChI=1S/C21H21N3O2S/c1-14(2)21(26)23-12-18(17-7-3-4-8-19(17)23)20(25)15-11-24(27-13-15)16-6-5-9-22-10-16/h3-10,12,14-15H,11,13H2,1-2H3. The molecule has 6 heteroatoms. The van der Waals surface area contributed by atoms with Crippen LogP contribution in [0.15, 0.2) is 55.0 Å². The fourth-order valence-corrected chi connectivity index (χ4v) is 4.54. The number of benzene rings is 1. The average Bonchev–Trinajstić information content (AvgIpc) is 3.33. The summed E-state index contributed by atoms with van der Waals surface area (Å²) in [6.07, 6.45) is 5.28. The molecule has 0 aliphatic carbocycles. The molecule has 1 aromatic carbocycles. The number of rotatable bonds is 4. The van der Waals surface area contributed by atoms with Crippen LogP contribution in [0.3, 0.4) is 0 Å². The number of ketones is 1. The van der Waals surface area contributed by atoms with Gasteiger partial charge in [0.1, 0.15) is 0 Å². The highest BCUT2D eigenvalue weighted by Crippen LogP contribution is 2.34. The third-order valence-corrected chi connectivity index (χ3v) is 6.05. The number of hydrogen-bond donors (Lipinski definition) is 0.